The number of anilines is 1. The van der Waals surface area contributed by atoms with Crippen LogP contribution in [0.5, 0.6) is 0 Å². The molecule has 0 bridgehead atoms. The van der Waals surface area contributed by atoms with E-state index in [1.165, 1.54) is 13.0 Å². The van der Waals surface area contributed by atoms with Crippen molar-refractivity contribution in [1.82, 2.24) is 0 Å². The molecular weight excluding hydrogens is 487 g/mol. The molecule has 0 amide bonds. The van der Waals surface area contributed by atoms with E-state index < -0.39 is 52.4 Å². The summed E-state index contributed by atoms with van der Waals surface area (Å²) in [6.07, 6.45) is 0. The second-order valence-corrected chi connectivity index (χ2v) is 16.1. The fourth-order valence-corrected chi connectivity index (χ4v) is 5.15. The maximum atomic E-state index is 14.7. The summed E-state index contributed by atoms with van der Waals surface area (Å²) < 4.78 is 74.4. The SMILES string of the molecule is Cc1ccc(F)cc1S(=O)(=O)N(COCC[Si](C)(C)C)c1ccc(F)c(Br)c1F. The van der Waals surface area contributed by atoms with E-state index in [4.69, 9.17) is 4.74 Å². The minimum Gasteiger partial charge on any atom is -0.360 e. The number of nitrogens with zero attached hydrogens (tertiary/aromatic N) is 1. The highest BCUT2D eigenvalue weighted by Gasteiger charge is 2.30. The number of benzene rings is 2. The van der Waals surface area contributed by atoms with Crippen molar-refractivity contribution < 1.29 is 26.3 Å². The smallest absolute Gasteiger partial charge is 0.266 e. The van der Waals surface area contributed by atoms with Crippen LogP contribution in [0.25, 0.3) is 0 Å². The summed E-state index contributed by atoms with van der Waals surface area (Å²) in [6.45, 7) is 7.71. The highest BCUT2D eigenvalue weighted by Crippen LogP contribution is 2.33. The van der Waals surface area contributed by atoms with Gasteiger partial charge in [0.1, 0.15) is 18.4 Å². The third kappa shape index (κ3) is 5.84. The minimum atomic E-state index is -4.38. The lowest BCUT2D eigenvalue weighted by molar-refractivity contribution is 0.156. The molecule has 0 aromatic heterocycles. The van der Waals surface area contributed by atoms with Crippen LogP contribution >= 0.6 is 15.9 Å². The second-order valence-electron chi connectivity index (χ2n) is 7.81. The summed E-state index contributed by atoms with van der Waals surface area (Å²) in [4.78, 5) is -0.314. The zero-order chi connectivity index (χ0) is 22.0. The Morgan fingerprint density at radius 3 is 2.38 bits per heavy atom. The lowest BCUT2D eigenvalue weighted by atomic mass is 10.2. The van der Waals surface area contributed by atoms with Gasteiger partial charge in [0, 0.05) is 14.7 Å². The summed E-state index contributed by atoms with van der Waals surface area (Å²) in [7, 11) is -5.81. The standard InChI is InChI=1S/C19H23BrF3NO3SSi/c1-13-5-6-14(21)11-17(13)28(25,26)24(12-27-9-10-29(2,3)4)16-8-7-15(22)18(20)19(16)23/h5-8,11H,9-10,12H2,1-4H3. The first-order valence-corrected chi connectivity index (χ1v) is 14.8. The molecule has 0 fully saturated rings. The Hall–Kier alpha value is -1.36. The second kappa shape index (κ2) is 9.19. The van der Waals surface area contributed by atoms with Gasteiger partial charge < -0.3 is 4.74 Å². The normalized spacial score (nSPS) is 12.3. The topological polar surface area (TPSA) is 46.6 Å². The first kappa shape index (κ1) is 23.9. The molecule has 0 spiro atoms. The van der Waals surface area contributed by atoms with E-state index in [0.717, 1.165) is 30.3 Å². The molecule has 0 N–H and O–H groups in total. The summed E-state index contributed by atoms with van der Waals surface area (Å²) in [5.41, 5.74) is -0.102. The lowest BCUT2D eigenvalue weighted by Gasteiger charge is -2.26. The first-order chi connectivity index (χ1) is 13.3. The summed E-state index contributed by atoms with van der Waals surface area (Å²) in [6, 6.07) is 6.07. The van der Waals surface area contributed by atoms with Gasteiger partial charge in [-0.2, -0.15) is 0 Å². The number of halogens is 4. The highest BCUT2D eigenvalue weighted by molar-refractivity contribution is 9.10. The molecule has 29 heavy (non-hydrogen) atoms. The Labute approximate surface area is 178 Å². The van der Waals surface area contributed by atoms with Gasteiger partial charge in [-0.3, -0.25) is 0 Å². The van der Waals surface area contributed by atoms with Crippen molar-refractivity contribution in [3.05, 3.63) is 57.8 Å². The predicted molar refractivity (Wildman–Crippen MR) is 114 cm³/mol. The quantitative estimate of drug-likeness (QED) is 0.199. The third-order valence-corrected chi connectivity index (χ3v) is 8.52. The van der Waals surface area contributed by atoms with E-state index in [1.807, 2.05) is 0 Å². The van der Waals surface area contributed by atoms with Gasteiger partial charge in [0.05, 0.1) is 15.1 Å². The average molecular weight is 510 g/mol. The Morgan fingerprint density at radius 1 is 1.10 bits per heavy atom. The van der Waals surface area contributed by atoms with Crippen LogP contribution in [0.1, 0.15) is 5.56 Å². The molecule has 10 heteroatoms. The van der Waals surface area contributed by atoms with Crippen molar-refractivity contribution in [2.75, 3.05) is 17.6 Å². The summed E-state index contributed by atoms with van der Waals surface area (Å²) in [5, 5.41) is 0. The van der Waals surface area contributed by atoms with Gasteiger partial charge in [-0.15, -0.1) is 0 Å². The van der Waals surface area contributed by atoms with Crippen molar-refractivity contribution in [2.24, 2.45) is 0 Å². The Morgan fingerprint density at radius 2 is 1.76 bits per heavy atom. The Kier molecular flexibility index (Phi) is 7.58. The molecule has 0 saturated heterocycles. The monoisotopic (exact) mass is 509 g/mol. The molecule has 0 radical (unpaired) electrons. The zero-order valence-electron chi connectivity index (χ0n) is 16.6. The van der Waals surface area contributed by atoms with Gasteiger partial charge in [-0.05, 0) is 58.7 Å². The molecule has 4 nitrogen and oxygen atoms in total. The van der Waals surface area contributed by atoms with E-state index in [-0.39, 0.29) is 11.5 Å². The fourth-order valence-electron chi connectivity index (χ4n) is 2.47. The predicted octanol–water partition coefficient (Wildman–Crippen LogP) is 5.68. The molecule has 0 aliphatic heterocycles. The lowest BCUT2D eigenvalue weighted by Crippen LogP contribution is -2.35. The largest absolute Gasteiger partial charge is 0.360 e. The van der Waals surface area contributed by atoms with Crippen molar-refractivity contribution in [3.8, 4) is 0 Å². The molecule has 0 heterocycles. The van der Waals surface area contributed by atoms with Gasteiger partial charge in [0.2, 0.25) is 0 Å². The van der Waals surface area contributed by atoms with Crippen molar-refractivity contribution in [3.63, 3.8) is 0 Å². The maximum Gasteiger partial charge on any atom is 0.266 e. The third-order valence-electron chi connectivity index (χ3n) is 4.21. The molecule has 2 aromatic carbocycles. The highest BCUT2D eigenvalue weighted by atomic mass is 79.9. The molecule has 0 saturated carbocycles. The van der Waals surface area contributed by atoms with Crippen LogP contribution in [0.2, 0.25) is 25.7 Å². The number of sulfonamides is 1. The summed E-state index contributed by atoms with van der Waals surface area (Å²) in [5.74, 6) is -2.70. The molecule has 2 rings (SSSR count). The van der Waals surface area contributed by atoms with E-state index in [9.17, 15) is 21.6 Å². The maximum absolute atomic E-state index is 14.7. The van der Waals surface area contributed by atoms with Crippen molar-refractivity contribution >= 4 is 39.7 Å². The number of hydrogen-bond acceptors (Lipinski definition) is 3. The molecule has 0 atom stereocenters. The summed E-state index contributed by atoms with van der Waals surface area (Å²) >= 11 is 2.79. The minimum absolute atomic E-state index is 0.286. The Balaban J connectivity index is 2.49. The Bertz CT molecular complexity index is 997. The average Bonchev–Trinajstić information content (AvgIpc) is 2.61. The molecule has 2 aromatic rings. The van der Waals surface area contributed by atoms with Crippen LogP contribution < -0.4 is 4.31 Å². The van der Waals surface area contributed by atoms with Crippen LogP contribution in [0.4, 0.5) is 18.9 Å². The molecule has 0 aliphatic rings. The van der Waals surface area contributed by atoms with Crippen molar-refractivity contribution in [1.29, 1.82) is 0 Å². The van der Waals surface area contributed by atoms with Gasteiger partial charge in [0.25, 0.3) is 10.0 Å². The van der Waals surface area contributed by atoms with Crippen LogP contribution in [-0.2, 0) is 14.8 Å². The zero-order valence-corrected chi connectivity index (χ0v) is 20.0. The van der Waals surface area contributed by atoms with E-state index in [1.54, 1.807) is 0 Å². The van der Waals surface area contributed by atoms with Gasteiger partial charge >= 0.3 is 0 Å². The van der Waals surface area contributed by atoms with Crippen LogP contribution in [0.3, 0.4) is 0 Å². The fraction of sp³-hybridized carbons (Fsp3) is 0.368. The molecule has 0 unspecified atom stereocenters. The van der Waals surface area contributed by atoms with Crippen LogP contribution in [0.15, 0.2) is 39.7 Å². The van der Waals surface area contributed by atoms with Crippen molar-refractivity contribution in [2.45, 2.75) is 37.5 Å². The van der Waals surface area contributed by atoms with Crippen LogP contribution in [0, 0.1) is 24.4 Å². The first-order valence-electron chi connectivity index (χ1n) is 8.85. The number of hydrogen-bond donors (Lipinski definition) is 0. The van der Waals surface area contributed by atoms with Crippen LogP contribution in [-0.4, -0.2) is 29.8 Å². The number of ether oxygens (including phenoxy) is 1. The molecular formula is C19H23BrF3NO3SSi. The molecule has 0 aliphatic carbocycles. The number of rotatable bonds is 8. The van der Waals surface area contributed by atoms with E-state index in [2.05, 4.69) is 35.6 Å². The molecule has 160 valence electrons. The van der Waals surface area contributed by atoms with Gasteiger partial charge in [-0.1, -0.05) is 25.7 Å². The van der Waals surface area contributed by atoms with Gasteiger partial charge in [-0.25, -0.2) is 25.9 Å². The van der Waals surface area contributed by atoms with Gasteiger partial charge in [0.15, 0.2) is 5.82 Å². The van der Waals surface area contributed by atoms with E-state index in [0.29, 0.717) is 9.87 Å². The number of aryl methyl sites for hydroxylation is 1. The van der Waals surface area contributed by atoms with E-state index >= 15 is 0 Å².